The number of halogens is 1. The topological polar surface area (TPSA) is 38.8 Å². The summed E-state index contributed by atoms with van der Waals surface area (Å²) in [6, 6.07) is 4.55. The molecule has 0 saturated heterocycles. The second-order valence-electron chi connectivity index (χ2n) is 3.29. The van der Waals surface area contributed by atoms with Crippen molar-refractivity contribution in [1.29, 1.82) is 0 Å². The molecule has 4 nitrogen and oxygen atoms in total. The van der Waals surface area contributed by atoms with Gasteiger partial charge in [-0.05, 0) is 17.7 Å². The number of rotatable bonds is 3. The molecule has 0 heterocycles. The SMILES string of the molecule is COC(=O)N(C)Cc1ccc(OC)c(F)c1. The van der Waals surface area contributed by atoms with E-state index >= 15 is 0 Å². The summed E-state index contributed by atoms with van der Waals surface area (Å²) in [7, 11) is 4.28. The minimum Gasteiger partial charge on any atom is -0.494 e. The van der Waals surface area contributed by atoms with Crippen LogP contribution in [0.2, 0.25) is 0 Å². The molecule has 0 unspecified atom stereocenters. The molecule has 1 aromatic carbocycles. The van der Waals surface area contributed by atoms with Crippen molar-refractivity contribution in [1.82, 2.24) is 4.90 Å². The zero-order valence-electron chi connectivity index (χ0n) is 9.49. The van der Waals surface area contributed by atoms with Crippen molar-refractivity contribution in [3.05, 3.63) is 29.6 Å². The fraction of sp³-hybridized carbons (Fsp3) is 0.364. The van der Waals surface area contributed by atoms with E-state index in [0.717, 1.165) is 0 Å². The minimum atomic E-state index is -0.462. The predicted octanol–water partition coefficient (Wildman–Crippen LogP) is 2.03. The first kappa shape index (κ1) is 12.3. The van der Waals surface area contributed by atoms with Crippen LogP contribution in [0, 0.1) is 5.82 Å². The van der Waals surface area contributed by atoms with Crippen LogP contribution in [0.4, 0.5) is 9.18 Å². The lowest BCUT2D eigenvalue weighted by Gasteiger charge is -2.15. The molecule has 0 bridgehead atoms. The van der Waals surface area contributed by atoms with Gasteiger partial charge in [0, 0.05) is 13.6 Å². The first-order valence-corrected chi connectivity index (χ1v) is 4.70. The lowest BCUT2D eigenvalue weighted by molar-refractivity contribution is 0.131. The maximum atomic E-state index is 13.3. The minimum absolute atomic E-state index is 0.185. The highest BCUT2D eigenvalue weighted by Gasteiger charge is 2.10. The number of carbonyl (C=O) groups excluding carboxylic acids is 1. The van der Waals surface area contributed by atoms with E-state index in [2.05, 4.69) is 4.74 Å². The number of hydrogen-bond acceptors (Lipinski definition) is 3. The Kier molecular flexibility index (Phi) is 4.10. The second-order valence-corrected chi connectivity index (χ2v) is 3.29. The highest BCUT2D eigenvalue weighted by molar-refractivity contribution is 5.67. The van der Waals surface area contributed by atoms with Crippen molar-refractivity contribution in [3.63, 3.8) is 0 Å². The van der Waals surface area contributed by atoms with Gasteiger partial charge in [-0.15, -0.1) is 0 Å². The molecule has 1 aromatic rings. The standard InChI is InChI=1S/C11H14FNO3/c1-13(11(14)16-3)7-8-4-5-10(15-2)9(12)6-8/h4-6H,7H2,1-3H3. The van der Waals surface area contributed by atoms with Crippen LogP contribution in [0.5, 0.6) is 5.75 Å². The summed E-state index contributed by atoms with van der Waals surface area (Å²) in [6.07, 6.45) is -0.462. The molecule has 0 N–H and O–H groups in total. The third-order valence-electron chi connectivity index (χ3n) is 2.12. The number of nitrogens with zero attached hydrogens (tertiary/aromatic N) is 1. The zero-order chi connectivity index (χ0) is 12.1. The average molecular weight is 227 g/mol. The van der Waals surface area contributed by atoms with Crippen LogP contribution in [0.1, 0.15) is 5.56 Å². The number of carbonyl (C=O) groups is 1. The van der Waals surface area contributed by atoms with E-state index in [1.165, 1.54) is 31.3 Å². The van der Waals surface area contributed by atoms with Crippen molar-refractivity contribution in [3.8, 4) is 5.75 Å². The van der Waals surface area contributed by atoms with E-state index in [1.807, 2.05) is 0 Å². The van der Waals surface area contributed by atoms with Crippen molar-refractivity contribution in [2.45, 2.75) is 6.54 Å². The van der Waals surface area contributed by atoms with Crippen LogP contribution < -0.4 is 4.74 Å². The molecule has 0 spiro atoms. The van der Waals surface area contributed by atoms with Gasteiger partial charge in [0.2, 0.25) is 0 Å². The van der Waals surface area contributed by atoms with E-state index in [1.54, 1.807) is 13.1 Å². The highest BCUT2D eigenvalue weighted by Crippen LogP contribution is 2.18. The quantitative estimate of drug-likeness (QED) is 0.793. The lowest BCUT2D eigenvalue weighted by atomic mass is 10.2. The van der Waals surface area contributed by atoms with Gasteiger partial charge >= 0.3 is 6.09 Å². The Labute approximate surface area is 93.6 Å². The highest BCUT2D eigenvalue weighted by atomic mass is 19.1. The molecule has 0 aromatic heterocycles. The molecule has 0 saturated carbocycles. The number of benzene rings is 1. The summed E-state index contributed by atoms with van der Waals surface area (Å²) >= 11 is 0. The fourth-order valence-electron chi connectivity index (χ4n) is 1.30. The smallest absolute Gasteiger partial charge is 0.409 e. The number of methoxy groups -OCH3 is 2. The summed E-state index contributed by atoms with van der Waals surface area (Å²) in [5, 5.41) is 0. The average Bonchev–Trinajstić information content (AvgIpc) is 2.28. The van der Waals surface area contributed by atoms with E-state index in [-0.39, 0.29) is 12.3 Å². The molecule has 0 fully saturated rings. The van der Waals surface area contributed by atoms with Gasteiger partial charge in [-0.3, -0.25) is 0 Å². The summed E-state index contributed by atoms with van der Waals surface area (Å²) < 4.78 is 22.6. The lowest BCUT2D eigenvalue weighted by Crippen LogP contribution is -2.25. The van der Waals surface area contributed by atoms with Crippen LogP contribution in [0.25, 0.3) is 0 Å². The van der Waals surface area contributed by atoms with Crippen molar-refractivity contribution in [2.24, 2.45) is 0 Å². The van der Waals surface area contributed by atoms with Crippen LogP contribution in [0.3, 0.4) is 0 Å². The number of hydrogen-bond donors (Lipinski definition) is 0. The summed E-state index contributed by atoms with van der Waals surface area (Å²) in [4.78, 5) is 12.5. The third-order valence-corrected chi connectivity index (χ3v) is 2.12. The molecule has 0 radical (unpaired) electrons. The van der Waals surface area contributed by atoms with Gasteiger partial charge in [0.25, 0.3) is 0 Å². The largest absolute Gasteiger partial charge is 0.494 e. The van der Waals surface area contributed by atoms with Crippen LogP contribution >= 0.6 is 0 Å². The maximum absolute atomic E-state index is 13.3. The van der Waals surface area contributed by atoms with Gasteiger partial charge in [0.15, 0.2) is 11.6 Å². The van der Waals surface area contributed by atoms with Crippen molar-refractivity contribution in [2.75, 3.05) is 21.3 Å². The van der Waals surface area contributed by atoms with Gasteiger partial charge < -0.3 is 14.4 Å². The molecule has 1 rings (SSSR count). The molecule has 0 aliphatic carbocycles. The zero-order valence-corrected chi connectivity index (χ0v) is 9.49. The molecule has 88 valence electrons. The first-order valence-electron chi connectivity index (χ1n) is 4.70. The van der Waals surface area contributed by atoms with Gasteiger partial charge in [-0.2, -0.15) is 0 Å². The van der Waals surface area contributed by atoms with Gasteiger partial charge in [-0.25, -0.2) is 9.18 Å². The Morgan fingerprint density at radius 1 is 1.44 bits per heavy atom. The summed E-state index contributed by atoms with van der Waals surface area (Å²) in [5.41, 5.74) is 0.672. The second kappa shape index (κ2) is 5.34. The molecule has 1 amide bonds. The Balaban J connectivity index is 2.75. The van der Waals surface area contributed by atoms with E-state index < -0.39 is 11.9 Å². The van der Waals surface area contributed by atoms with Gasteiger partial charge in [0.05, 0.1) is 14.2 Å². The van der Waals surface area contributed by atoms with Crippen LogP contribution in [-0.2, 0) is 11.3 Å². The first-order chi connectivity index (χ1) is 7.58. The molecule has 5 heteroatoms. The molecule has 0 aliphatic rings. The fourth-order valence-corrected chi connectivity index (χ4v) is 1.30. The van der Waals surface area contributed by atoms with E-state index in [0.29, 0.717) is 5.56 Å². The molecule has 0 atom stereocenters. The molecular formula is C11H14FNO3. The number of amides is 1. The third kappa shape index (κ3) is 2.85. The van der Waals surface area contributed by atoms with Crippen molar-refractivity contribution < 1.29 is 18.7 Å². The van der Waals surface area contributed by atoms with E-state index in [4.69, 9.17) is 4.74 Å². The Morgan fingerprint density at radius 2 is 2.12 bits per heavy atom. The summed E-state index contributed by atoms with van der Waals surface area (Å²) in [5.74, 6) is -0.261. The molecular weight excluding hydrogens is 213 g/mol. The van der Waals surface area contributed by atoms with Crippen LogP contribution in [0.15, 0.2) is 18.2 Å². The van der Waals surface area contributed by atoms with E-state index in [9.17, 15) is 9.18 Å². The number of ether oxygens (including phenoxy) is 2. The molecule has 0 aliphatic heterocycles. The van der Waals surface area contributed by atoms with Gasteiger partial charge in [0.1, 0.15) is 0 Å². The predicted molar refractivity (Wildman–Crippen MR) is 56.8 cm³/mol. The van der Waals surface area contributed by atoms with Gasteiger partial charge in [-0.1, -0.05) is 6.07 Å². The normalized spacial score (nSPS) is 9.75. The Hall–Kier alpha value is -1.78. The Bertz CT molecular complexity index is 381. The summed E-state index contributed by atoms with van der Waals surface area (Å²) in [6.45, 7) is 0.285. The Morgan fingerprint density at radius 3 is 2.62 bits per heavy atom. The molecule has 16 heavy (non-hydrogen) atoms. The van der Waals surface area contributed by atoms with Crippen LogP contribution in [-0.4, -0.2) is 32.3 Å². The van der Waals surface area contributed by atoms with Crippen molar-refractivity contribution >= 4 is 6.09 Å². The monoisotopic (exact) mass is 227 g/mol. The maximum Gasteiger partial charge on any atom is 0.409 e.